The van der Waals surface area contributed by atoms with Crippen LogP contribution in [-0.2, 0) is 19.1 Å². The van der Waals surface area contributed by atoms with Gasteiger partial charge in [-0.05, 0) is 18.9 Å². The van der Waals surface area contributed by atoms with Gasteiger partial charge in [0.15, 0.2) is 12.7 Å². The Kier molecular flexibility index (Phi) is 8.68. The van der Waals surface area contributed by atoms with Gasteiger partial charge >= 0.3 is 5.97 Å². The van der Waals surface area contributed by atoms with Crippen LogP contribution in [-0.4, -0.2) is 31.2 Å². The second kappa shape index (κ2) is 10.6. The van der Waals surface area contributed by atoms with Gasteiger partial charge < -0.3 is 14.8 Å². The van der Waals surface area contributed by atoms with Gasteiger partial charge in [0.2, 0.25) is 0 Å². The molecule has 0 aromatic heterocycles. The number of benzene rings is 1. The molecule has 1 amide bonds. The molecule has 1 aromatic rings. The van der Waals surface area contributed by atoms with Crippen LogP contribution in [0.25, 0.3) is 0 Å². The number of hydrogen-bond donors (Lipinski definition) is 1. The zero-order valence-corrected chi connectivity index (χ0v) is 13.8. The van der Waals surface area contributed by atoms with Crippen LogP contribution in [0.3, 0.4) is 0 Å². The van der Waals surface area contributed by atoms with Crippen LogP contribution >= 0.6 is 0 Å². The third-order valence-electron chi connectivity index (χ3n) is 3.26. The predicted molar refractivity (Wildman–Crippen MR) is 88.8 cm³/mol. The van der Waals surface area contributed by atoms with Gasteiger partial charge in [-0.3, -0.25) is 4.79 Å². The number of esters is 1. The maximum absolute atomic E-state index is 12.0. The molecule has 0 saturated heterocycles. The van der Waals surface area contributed by atoms with Crippen molar-refractivity contribution >= 4 is 11.9 Å². The molecule has 5 heteroatoms. The van der Waals surface area contributed by atoms with Crippen molar-refractivity contribution in [2.75, 3.05) is 13.2 Å². The van der Waals surface area contributed by atoms with E-state index in [9.17, 15) is 9.59 Å². The Morgan fingerprint density at radius 2 is 2.00 bits per heavy atom. The molecule has 0 saturated carbocycles. The molecule has 5 nitrogen and oxygen atoms in total. The summed E-state index contributed by atoms with van der Waals surface area (Å²) in [6.07, 6.45) is 2.58. The highest BCUT2D eigenvalue weighted by atomic mass is 16.6. The zero-order chi connectivity index (χ0) is 17.1. The van der Waals surface area contributed by atoms with Crippen molar-refractivity contribution in [3.8, 4) is 0 Å². The summed E-state index contributed by atoms with van der Waals surface area (Å²) >= 11 is 0. The van der Waals surface area contributed by atoms with E-state index in [2.05, 4.69) is 18.8 Å². The van der Waals surface area contributed by atoms with E-state index in [0.717, 1.165) is 18.4 Å². The maximum Gasteiger partial charge on any atom is 0.335 e. The third kappa shape index (κ3) is 7.10. The molecule has 1 aromatic carbocycles. The lowest BCUT2D eigenvalue weighted by Crippen LogP contribution is -2.34. The minimum absolute atomic E-state index is 0.0816. The second-order valence-corrected chi connectivity index (χ2v) is 5.19. The largest absolute Gasteiger partial charge is 0.454 e. The van der Waals surface area contributed by atoms with E-state index >= 15 is 0 Å². The highest BCUT2D eigenvalue weighted by molar-refractivity contribution is 5.82. The molecule has 0 aliphatic carbocycles. The Morgan fingerprint density at radius 1 is 1.30 bits per heavy atom. The molecule has 0 heterocycles. The fraction of sp³-hybridized carbons (Fsp3) is 0.444. The first-order valence-corrected chi connectivity index (χ1v) is 7.81. The standard InChI is InChI=1S/C18H25NO4/c1-4-9-16(15-10-7-6-8-11-15)19-17(20)13-23-18(21)14(3)22-12-5-2/h5-8,10-11,14,16H,2,4,9,12-13H2,1,3H3,(H,19,20). The van der Waals surface area contributed by atoms with Crippen LogP contribution in [0, 0.1) is 0 Å². The lowest BCUT2D eigenvalue weighted by atomic mass is 10.0. The number of amides is 1. The van der Waals surface area contributed by atoms with E-state index in [4.69, 9.17) is 9.47 Å². The van der Waals surface area contributed by atoms with Crippen LogP contribution in [0.15, 0.2) is 43.0 Å². The van der Waals surface area contributed by atoms with E-state index in [1.807, 2.05) is 30.3 Å². The van der Waals surface area contributed by atoms with Crippen LogP contribution in [0.1, 0.15) is 38.3 Å². The molecule has 1 rings (SSSR count). The first-order chi connectivity index (χ1) is 11.1. The molecule has 2 unspecified atom stereocenters. The van der Waals surface area contributed by atoms with E-state index in [1.54, 1.807) is 13.0 Å². The second-order valence-electron chi connectivity index (χ2n) is 5.19. The van der Waals surface area contributed by atoms with Crippen molar-refractivity contribution in [1.82, 2.24) is 5.32 Å². The number of ether oxygens (including phenoxy) is 2. The summed E-state index contributed by atoms with van der Waals surface area (Å²) in [5.41, 5.74) is 1.04. The minimum Gasteiger partial charge on any atom is -0.454 e. The van der Waals surface area contributed by atoms with E-state index in [0.29, 0.717) is 0 Å². The van der Waals surface area contributed by atoms with Gasteiger partial charge in [0.05, 0.1) is 12.6 Å². The third-order valence-corrected chi connectivity index (χ3v) is 3.26. The van der Waals surface area contributed by atoms with Gasteiger partial charge in [0, 0.05) is 0 Å². The monoisotopic (exact) mass is 319 g/mol. The predicted octanol–water partition coefficient (Wildman–Crippen LogP) is 2.78. The molecule has 0 aliphatic heterocycles. The Morgan fingerprint density at radius 3 is 2.61 bits per heavy atom. The average Bonchev–Trinajstić information content (AvgIpc) is 2.57. The van der Waals surface area contributed by atoms with Gasteiger partial charge in [-0.1, -0.05) is 49.8 Å². The van der Waals surface area contributed by atoms with Crippen molar-refractivity contribution < 1.29 is 19.1 Å². The van der Waals surface area contributed by atoms with Crippen molar-refractivity contribution in [3.05, 3.63) is 48.6 Å². The van der Waals surface area contributed by atoms with E-state index in [1.165, 1.54) is 0 Å². The molecule has 0 bridgehead atoms. The molecule has 0 aliphatic rings. The average molecular weight is 319 g/mol. The summed E-state index contributed by atoms with van der Waals surface area (Å²) in [7, 11) is 0. The Labute approximate surface area is 137 Å². The van der Waals surface area contributed by atoms with Crippen molar-refractivity contribution in [2.24, 2.45) is 0 Å². The Hall–Kier alpha value is -2.14. The lowest BCUT2D eigenvalue weighted by Gasteiger charge is -2.19. The topological polar surface area (TPSA) is 64.6 Å². The maximum atomic E-state index is 12.0. The van der Waals surface area contributed by atoms with Gasteiger partial charge in [-0.2, -0.15) is 0 Å². The summed E-state index contributed by atoms with van der Waals surface area (Å²) in [6.45, 7) is 7.08. The summed E-state index contributed by atoms with van der Waals surface area (Å²) in [5, 5.41) is 2.90. The summed E-state index contributed by atoms with van der Waals surface area (Å²) in [6, 6.07) is 9.66. The molecule has 0 radical (unpaired) electrons. The number of hydrogen-bond acceptors (Lipinski definition) is 4. The molecule has 126 valence electrons. The van der Waals surface area contributed by atoms with Crippen molar-refractivity contribution in [1.29, 1.82) is 0 Å². The normalized spacial score (nSPS) is 13.0. The molecule has 1 N–H and O–H groups in total. The summed E-state index contributed by atoms with van der Waals surface area (Å²) in [5.74, 6) is -0.884. The number of nitrogens with one attached hydrogen (secondary N) is 1. The minimum atomic E-state index is -0.721. The van der Waals surface area contributed by atoms with Gasteiger partial charge in [-0.25, -0.2) is 4.79 Å². The first-order valence-electron chi connectivity index (χ1n) is 7.81. The van der Waals surface area contributed by atoms with Crippen molar-refractivity contribution in [2.45, 2.75) is 38.8 Å². The van der Waals surface area contributed by atoms with Crippen LogP contribution in [0.4, 0.5) is 0 Å². The SMILES string of the molecule is C=CCOC(C)C(=O)OCC(=O)NC(CCC)c1ccccc1. The highest BCUT2D eigenvalue weighted by Gasteiger charge is 2.18. The van der Waals surface area contributed by atoms with Crippen LogP contribution in [0.2, 0.25) is 0 Å². The first kappa shape index (κ1) is 18.9. The quantitative estimate of drug-likeness (QED) is 0.532. The van der Waals surface area contributed by atoms with Crippen LogP contribution in [0.5, 0.6) is 0 Å². The van der Waals surface area contributed by atoms with Crippen LogP contribution < -0.4 is 5.32 Å². The highest BCUT2D eigenvalue weighted by Crippen LogP contribution is 2.17. The summed E-state index contributed by atoms with van der Waals surface area (Å²) in [4.78, 5) is 23.7. The number of rotatable bonds is 10. The number of carbonyl (C=O) groups is 2. The molecular formula is C18H25NO4. The lowest BCUT2D eigenvalue weighted by molar-refractivity contribution is -0.158. The molecular weight excluding hydrogens is 294 g/mol. The van der Waals surface area contributed by atoms with Gasteiger partial charge in [-0.15, -0.1) is 6.58 Å². The van der Waals surface area contributed by atoms with Gasteiger partial charge in [0.1, 0.15) is 0 Å². The fourth-order valence-corrected chi connectivity index (χ4v) is 2.07. The smallest absolute Gasteiger partial charge is 0.335 e. The Bertz CT molecular complexity index is 501. The molecule has 0 spiro atoms. The summed E-state index contributed by atoms with van der Waals surface area (Å²) < 4.78 is 10.1. The van der Waals surface area contributed by atoms with E-state index < -0.39 is 12.1 Å². The molecule has 2 atom stereocenters. The fourth-order valence-electron chi connectivity index (χ4n) is 2.07. The molecule has 0 fully saturated rings. The van der Waals surface area contributed by atoms with E-state index in [-0.39, 0.29) is 25.2 Å². The van der Waals surface area contributed by atoms with Gasteiger partial charge in [0.25, 0.3) is 5.91 Å². The zero-order valence-electron chi connectivity index (χ0n) is 13.8. The number of carbonyl (C=O) groups excluding carboxylic acids is 2. The van der Waals surface area contributed by atoms with Crippen molar-refractivity contribution in [3.63, 3.8) is 0 Å². The Balaban J connectivity index is 2.47. The molecule has 23 heavy (non-hydrogen) atoms.